The highest BCUT2D eigenvalue weighted by molar-refractivity contribution is 5.76. The van der Waals surface area contributed by atoms with Gasteiger partial charge in [-0.2, -0.15) is 0 Å². The Morgan fingerprint density at radius 3 is 2.46 bits per heavy atom. The number of fused-ring (bicyclic) bond motifs is 2. The first-order valence-corrected chi connectivity index (χ1v) is 8.51. The number of hydrogen-bond acceptors (Lipinski definition) is 4. The number of rotatable bonds is 5. The van der Waals surface area contributed by atoms with Crippen molar-refractivity contribution in [2.45, 2.75) is 32.4 Å². The Morgan fingerprint density at radius 2 is 1.79 bits per heavy atom. The molecule has 1 aromatic carbocycles. The molecule has 1 N–H and O–H groups in total. The zero-order valence-electron chi connectivity index (χ0n) is 13.8. The van der Waals surface area contributed by atoms with Gasteiger partial charge in [0.25, 0.3) is 0 Å². The van der Waals surface area contributed by atoms with Crippen LogP contribution in [0.25, 0.3) is 0 Å². The van der Waals surface area contributed by atoms with Crippen LogP contribution in [0.3, 0.4) is 0 Å². The third-order valence-corrected chi connectivity index (χ3v) is 4.80. The molecule has 2 bridgehead atoms. The molecule has 5 nitrogen and oxygen atoms in total. The van der Waals surface area contributed by atoms with E-state index in [9.17, 15) is 9.59 Å². The Bertz CT molecular complexity index is 613. The topological polar surface area (TPSA) is 64.6 Å². The van der Waals surface area contributed by atoms with Gasteiger partial charge < -0.3 is 14.8 Å². The van der Waals surface area contributed by atoms with E-state index < -0.39 is 6.09 Å². The van der Waals surface area contributed by atoms with Crippen molar-refractivity contribution in [1.82, 2.24) is 5.32 Å². The second-order valence-electron chi connectivity index (χ2n) is 6.30. The number of carbonyl (C=O) groups excluding carboxylic acids is 2. The fraction of sp³-hybridized carbons (Fsp3) is 0.474. The maximum Gasteiger partial charge on any atom is 0.407 e. The Balaban J connectivity index is 1.62. The predicted molar refractivity (Wildman–Crippen MR) is 89.0 cm³/mol. The van der Waals surface area contributed by atoms with Crippen LogP contribution < -0.4 is 5.32 Å². The summed E-state index contributed by atoms with van der Waals surface area (Å²) in [5, 5.41) is 2.90. The minimum Gasteiger partial charge on any atom is -0.466 e. The molecular formula is C19H23NO4. The van der Waals surface area contributed by atoms with E-state index in [2.05, 4.69) is 17.5 Å². The summed E-state index contributed by atoms with van der Waals surface area (Å²) in [5.74, 6) is -0.259. The van der Waals surface area contributed by atoms with Gasteiger partial charge in [0.1, 0.15) is 6.61 Å². The van der Waals surface area contributed by atoms with Crippen LogP contribution in [0.5, 0.6) is 0 Å². The summed E-state index contributed by atoms with van der Waals surface area (Å²) < 4.78 is 10.5. The predicted octanol–water partition coefficient (Wildman–Crippen LogP) is 3.06. The van der Waals surface area contributed by atoms with Crippen molar-refractivity contribution >= 4 is 12.1 Å². The van der Waals surface area contributed by atoms with Crippen molar-refractivity contribution in [1.29, 1.82) is 0 Å². The average Bonchev–Trinajstić information content (AvgIpc) is 2.62. The Kier molecular flexibility index (Phi) is 5.18. The summed E-state index contributed by atoms with van der Waals surface area (Å²) >= 11 is 0. The molecule has 24 heavy (non-hydrogen) atoms. The fourth-order valence-electron chi connectivity index (χ4n) is 3.65. The molecule has 0 heterocycles. The highest BCUT2D eigenvalue weighted by atomic mass is 16.5. The quantitative estimate of drug-likeness (QED) is 0.666. The summed E-state index contributed by atoms with van der Waals surface area (Å²) in [6.45, 7) is 2.36. The number of allylic oxidation sites excluding steroid dienone is 1. The van der Waals surface area contributed by atoms with Gasteiger partial charge in [0.2, 0.25) is 0 Å². The van der Waals surface area contributed by atoms with Crippen LogP contribution in [0, 0.1) is 17.8 Å². The van der Waals surface area contributed by atoms with Gasteiger partial charge >= 0.3 is 12.1 Å². The van der Waals surface area contributed by atoms with Crippen LogP contribution >= 0.6 is 0 Å². The Labute approximate surface area is 142 Å². The van der Waals surface area contributed by atoms with Crippen molar-refractivity contribution < 1.29 is 19.1 Å². The van der Waals surface area contributed by atoms with E-state index in [1.54, 1.807) is 6.92 Å². The monoisotopic (exact) mass is 329 g/mol. The van der Waals surface area contributed by atoms with E-state index >= 15 is 0 Å². The number of amides is 1. The number of ether oxygens (including phenoxy) is 2. The Morgan fingerprint density at radius 1 is 1.08 bits per heavy atom. The van der Waals surface area contributed by atoms with Gasteiger partial charge in [-0.25, -0.2) is 4.79 Å². The summed E-state index contributed by atoms with van der Waals surface area (Å²) in [6, 6.07) is 9.27. The van der Waals surface area contributed by atoms with E-state index in [-0.39, 0.29) is 36.4 Å². The minimum atomic E-state index is -0.487. The van der Waals surface area contributed by atoms with Gasteiger partial charge in [0.05, 0.1) is 18.6 Å². The molecule has 1 unspecified atom stereocenters. The second kappa shape index (κ2) is 7.51. The van der Waals surface area contributed by atoms with Crippen LogP contribution in [0.4, 0.5) is 4.79 Å². The van der Waals surface area contributed by atoms with Crippen molar-refractivity contribution in [2.24, 2.45) is 17.8 Å². The largest absolute Gasteiger partial charge is 0.466 e. The second-order valence-corrected chi connectivity index (χ2v) is 6.30. The molecule has 0 aromatic heterocycles. The molecule has 5 heteroatoms. The summed E-state index contributed by atoms with van der Waals surface area (Å²) in [7, 11) is 0. The third kappa shape index (κ3) is 3.61. The molecule has 0 aliphatic heterocycles. The van der Waals surface area contributed by atoms with E-state index in [0.29, 0.717) is 6.61 Å². The van der Waals surface area contributed by atoms with Crippen LogP contribution in [-0.4, -0.2) is 24.7 Å². The first-order valence-electron chi connectivity index (χ1n) is 8.51. The molecule has 0 spiro atoms. The molecular weight excluding hydrogens is 306 g/mol. The number of hydrogen-bond donors (Lipinski definition) is 1. The van der Waals surface area contributed by atoms with Crippen LogP contribution in [0.1, 0.15) is 25.3 Å². The fourth-order valence-corrected chi connectivity index (χ4v) is 3.65. The van der Waals surface area contributed by atoms with E-state index in [0.717, 1.165) is 18.4 Å². The molecule has 3 aliphatic carbocycles. The zero-order chi connectivity index (χ0) is 16.9. The number of esters is 1. The van der Waals surface area contributed by atoms with Gasteiger partial charge in [-0.15, -0.1) is 0 Å². The van der Waals surface area contributed by atoms with Crippen LogP contribution in [-0.2, 0) is 20.9 Å². The van der Waals surface area contributed by atoms with Gasteiger partial charge in [-0.05, 0) is 37.2 Å². The lowest BCUT2D eigenvalue weighted by molar-refractivity contribution is -0.152. The van der Waals surface area contributed by atoms with Crippen LogP contribution in [0.2, 0.25) is 0 Å². The van der Waals surface area contributed by atoms with Gasteiger partial charge in [0, 0.05) is 0 Å². The first kappa shape index (κ1) is 16.6. The average molecular weight is 329 g/mol. The highest BCUT2D eigenvalue weighted by Crippen LogP contribution is 2.41. The maximum atomic E-state index is 12.3. The lowest BCUT2D eigenvalue weighted by atomic mass is 9.66. The van der Waals surface area contributed by atoms with Crippen molar-refractivity contribution in [2.75, 3.05) is 6.61 Å². The van der Waals surface area contributed by atoms with Gasteiger partial charge in [0.15, 0.2) is 0 Å². The van der Waals surface area contributed by atoms with Crippen LogP contribution in [0.15, 0.2) is 42.5 Å². The van der Waals surface area contributed by atoms with E-state index in [1.807, 2.05) is 30.3 Å². The van der Waals surface area contributed by atoms with Crippen molar-refractivity contribution in [3.63, 3.8) is 0 Å². The molecule has 4 atom stereocenters. The molecule has 1 amide bonds. The van der Waals surface area contributed by atoms with Gasteiger partial charge in [-0.1, -0.05) is 42.5 Å². The lowest BCUT2D eigenvalue weighted by Gasteiger charge is -2.43. The summed E-state index contributed by atoms with van der Waals surface area (Å²) in [6.07, 6.45) is 5.64. The lowest BCUT2D eigenvalue weighted by Crippen LogP contribution is -2.54. The summed E-state index contributed by atoms with van der Waals surface area (Å²) in [5.41, 5.74) is 0.930. The molecule has 3 aliphatic rings. The minimum absolute atomic E-state index is 0.133. The highest BCUT2D eigenvalue weighted by Gasteiger charge is 2.46. The van der Waals surface area contributed by atoms with Crippen molar-refractivity contribution in [3.8, 4) is 0 Å². The van der Waals surface area contributed by atoms with Gasteiger partial charge in [-0.3, -0.25) is 4.79 Å². The first-order chi connectivity index (χ1) is 11.7. The maximum absolute atomic E-state index is 12.3. The van der Waals surface area contributed by atoms with Crippen molar-refractivity contribution in [3.05, 3.63) is 48.0 Å². The number of benzene rings is 1. The molecule has 128 valence electrons. The molecule has 0 radical (unpaired) electrons. The van der Waals surface area contributed by atoms with E-state index in [4.69, 9.17) is 9.47 Å². The Hall–Kier alpha value is -2.30. The molecule has 0 saturated heterocycles. The molecule has 1 fully saturated rings. The third-order valence-electron chi connectivity index (χ3n) is 4.80. The van der Waals surface area contributed by atoms with E-state index in [1.165, 1.54) is 0 Å². The number of nitrogens with one attached hydrogen (secondary N) is 1. The molecule has 1 aromatic rings. The smallest absolute Gasteiger partial charge is 0.407 e. The zero-order valence-corrected chi connectivity index (χ0v) is 13.8. The number of carbonyl (C=O) groups is 2. The normalized spacial score (nSPS) is 27.5. The SMILES string of the molecule is CCOC(=O)C1[C@@H]2C=C[C@@H](CC2)[C@@H]1NC(=O)OCc1ccccc1. The standard InChI is InChI=1S/C19H23NO4/c1-2-23-18(21)16-14-8-10-15(11-9-14)17(16)20-19(22)24-12-13-6-4-3-5-7-13/h3-8,10,14-17H,2,9,11-12H2,1H3,(H,20,22)/t14-,15+,16?,17+/m1/s1. The molecule has 1 saturated carbocycles. The molecule has 4 rings (SSSR count). The summed E-state index contributed by atoms with van der Waals surface area (Å²) in [4.78, 5) is 24.5. The number of alkyl carbamates (subject to hydrolysis) is 1.